The van der Waals surface area contributed by atoms with E-state index in [1.165, 1.54) is 38.8 Å². The van der Waals surface area contributed by atoms with Crippen molar-refractivity contribution in [2.45, 2.75) is 46.0 Å². The van der Waals surface area contributed by atoms with Gasteiger partial charge in [-0.05, 0) is 45.3 Å². The molecular weight excluding hydrogens is 174 g/mol. The molecule has 0 amide bonds. The molecule has 0 bridgehead atoms. The van der Waals surface area contributed by atoms with Gasteiger partial charge in [0, 0.05) is 6.61 Å². The number of aliphatic hydroxyl groups is 1. The Balaban J connectivity index is 3.14. The van der Waals surface area contributed by atoms with Crippen molar-refractivity contribution in [2.24, 2.45) is 5.92 Å². The van der Waals surface area contributed by atoms with Gasteiger partial charge in [-0.2, -0.15) is 0 Å². The van der Waals surface area contributed by atoms with Gasteiger partial charge in [-0.3, -0.25) is 0 Å². The van der Waals surface area contributed by atoms with Gasteiger partial charge in [0.2, 0.25) is 0 Å². The molecule has 0 fully saturated rings. The zero-order valence-electron chi connectivity index (χ0n) is 10.1. The van der Waals surface area contributed by atoms with Gasteiger partial charge >= 0.3 is 0 Å². The highest BCUT2D eigenvalue weighted by Gasteiger charge is 1.99. The maximum Gasteiger partial charge on any atom is 0.0431 e. The lowest BCUT2D eigenvalue weighted by atomic mass is 10.1. The zero-order valence-corrected chi connectivity index (χ0v) is 10.1. The topological polar surface area (TPSA) is 23.5 Å². The van der Waals surface area contributed by atoms with Crippen molar-refractivity contribution in [3.8, 4) is 0 Å². The lowest BCUT2D eigenvalue weighted by Gasteiger charge is -2.17. The molecule has 86 valence electrons. The molecule has 0 saturated heterocycles. The summed E-state index contributed by atoms with van der Waals surface area (Å²) in [5, 5.41) is 8.61. The van der Waals surface area contributed by atoms with Gasteiger partial charge in [-0.15, -0.1) is 0 Å². The van der Waals surface area contributed by atoms with Crippen LogP contribution in [-0.4, -0.2) is 36.8 Å². The molecule has 0 rings (SSSR count). The van der Waals surface area contributed by atoms with Crippen molar-refractivity contribution in [1.82, 2.24) is 4.90 Å². The Bertz CT molecular complexity index is 115. The quantitative estimate of drug-likeness (QED) is 0.579. The van der Waals surface area contributed by atoms with Crippen LogP contribution < -0.4 is 0 Å². The third-order valence-electron chi connectivity index (χ3n) is 2.54. The van der Waals surface area contributed by atoms with E-state index < -0.39 is 0 Å². The van der Waals surface area contributed by atoms with Crippen LogP contribution in [-0.2, 0) is 0 Å². The third-order valence-corrected chi connectivity index (χ3v) is 2.54. The predicted octanol–water partition coefficient (Wildman–Crippen LogP) is 2.52. The molecule has 2 nitrogen and oxygen atoms in total. The monoisotopic (exact) mass is 201 g/mol. The minimum atomic E-state index is 0.350. The summed E-state index contributed by atoms with van der Waals surface area (Å²) >= 11 is 0. The molecule has 2 heteroatoms. The van der Waals surface area contributed by atoms with Crippen LogP contribution in [0.2, 0.25) is 0 Å². The average molecular weight is 201 g/mol. The van der Waals surface area contributed by atoms with E-state index in [1.54, 1.807) is 0 Å². The number of unbranched alkanes of at least 4 members (excludes halogenated alkanes) is 3. The number of hydrogen-bond acceptors (Lipinski definition) is 2. The molecule has 0 aromatic heterocycles. The Morgan fingerprint density at radius 3 is 2.21 bits per heavy atom. The first-order valence-corrected chi connectivity index (χ1v) is 5.96. The van der Waals surface area contributed by atoms with E-state index in [1.807, 2.05) is 0 Å². The average Bonchev–Trinajstić information content (AvgIpc) is 2.14. The fraction of sp³-hybridized carbons (Fsp3) is 1.00. The second-order valence-corrected chi connectivity index (χ2v) is 4.62. The summed E-state index contributed by atoms with van der Waals surface area (Å²) < 4.78 is 0. The number of rotatable bonds is 9. The van der Waals surface area contributed by atoms with E-state index in [9.17, 15) is 0 Å². The van der Waals surface area contributed by atoms with Crippen LogP contribution in [0.4, 0.5) is 0 Å². The summed E-state index contributed by atoms with van der Waals surface area (Å²) in [5.74, 6) is 0.812. The van der Waals surface area contributed by atoms with Gasteiger partial charge in [0.05, 0.1) is 0 Å². The minimum absolute atomic E-state index is 0.350. The van der Waals surface area contributed by atoms with E-state index in [0.717, 1.165) is 12.3 Å². The summed E-state index contributed by atoms with van der Waals surface area (Å²) in [6.07, 6.45) is 5.97. The minimum Gasteiger partial charge on any atom is -0.396 e. The Labute approximate surface area is 89.3 Å². The van der Waals surface area contributed by atoms with Crippen LogP contribution in [0, 0.1) is 5.92 Å². The zero-order chi connectivity index (χ0) is 10.8. The van der Waals surface area contributed by atoms with Gasteiger partial charge < -0.3 is 10.0 Å². The Morgan fingerprint density at radius 1 is 1.00 bits per heavy atom. The van der Waals surface area contributed by atoms with Gasteiger partial charge in [0.25, 0.3) is 0 Å². The molecule has 0 heterocycles. The van der Waals surface area contributed by atoms with Crippen molar-refractivity contribution in [3.05, 3.63) is 0 Å². The summed E-state index contributed by atoms with van der Waals surface area (Å²) in [7, 11) is 2.20. The van der Waals surface area contributed by atoms with Crippen LogP contribution >= 0.6 is 0 Å². The van der Waals surface area contributed by atoms with Crippen molar-refractivity contribution >= 4 is 0 Å². The maximum atomic E-state index is 8.61. The van der Waals surface area contributed by atoms with Gasteiger partial charge in [0.1, 0.15) is 0 Å². The molecule has 1 N–H and O–H groups in total. The second kappa shape index (κ2) is 9.47. The van der Waals surface area contributed by atoms with E-state index in [0.29, 0.717) is 6.61 Å². The molecule has 0 aliphatic heterocycles. The SMILES string of the molecule is CC(C)CCN(C)CCCCCCO. The molecule has 0 radical (unpaired) electrons. The van der Waals surface area contributed by atoms with Gasteiger partial charge in [0.15, 0.2) is 0 Å². The molecule has 0 aromatic rings. The standard InChI is InChI=1S/C12H27NO/c1-12(2)8-10-13(3)9-6-4-5-7-11-14/h12,14H,4-11H2,1-3H3. The molecule has 0 saturated carbocycles. The van der Waals surface area contributed by atoms with Crippen LogP contribution in [0.5, 0.6) is 0 Å². The van der Waals surface area contributed by atoms with Crippen molar-refractivity contribution in [2.75, 3.05) is 26.7 Å². The van der Waals surface area contributed by atoms with Crippen molar-refractivity contribution < 1.29 is 5.11 Å². The Hall–Kier alpha value is -0.0800. The second-order valence-electron chi connectivity index (χ2n) is 4.62. The van der Waals surface area contributed by atoms with Gasteiger partial charge in [-0.25, -0.2) is 0 Å². The predicted molar refractivity (Wildman–Crippen MR) is 62.5 cm³/mol. The van der Waals surface area contributed by atoms with Crippen molar-refractivity contribution in [1.29, 1.82) is 0 Å². The first-order chi connectivity index (χ1) is 6.66. The lowest BCUT2D eigenvalue weighted by molar-refractivity contribution is 0.275. The van der Waals surface area contributed by atoms with Crippen LogP contribution in [0.3, 0.4) is 0 Å². The Kier molecular flexibility index (Phi) is 9.42. The normalized spacial score (nSPS) is 11.6. The maximum absolute atomic E-state index is 8.61. The molecule has 0 spiro atoms. The smallest absolute Gasteiger partial charge is 0.0431 e. The van der Waals surface area contributed by atoms with Crippen LogP contribution in [0.25, 0.3) is 0 Å². The Morgan fingerprint density at radius 2 is 1.64 bits per heavy atom. The van der Waals surface area contributed by atoms with E-state index in [4.69, 9.17) is 5.11 Å². The molecule has 0 aliphatic carbocycles. The number of hydrogen-bond donors (Lipinski definition) is 1. The summed E-state index contributed by atoms with van der Waals surface area (Å²) in [4.78, 5) is 2.42. The molecule has 0 unspecified atom stereocenters. The summed E-state index contributed by atoms with van der Waals surface area (Å²) in [5.41, 5.74) is 0. The first kappa shape index (κ1) is 13.9. The molecule has 0 aromatic carbocycles. The largest absolute Gasteiger partial charge is 0.396 e. The fourth-order valence-electron chi connectivity index (χ4n) is 1.44. The third kappa shape index (κ3) is 10.0. The highest BCUT2D eigenvalue weighted by Crippen LogP contribution is 2.03. The van der Waals surface area contributed by atoms with Gasteiger partial charge in [-0.1, -0.05) is 26.7 Å². The van der Waals surface area contributed by atoms with E-state index in [2.05, 4.69) is 25.8 Å². The molecule has 0 aliphatic rings. The van der Waals surface area contributed by atoms with E-state index in [-0.39, 0.29) is 0 Å². The highest BCUT2D eigenvalue weighted by molar-refractivity contribution is 4.54. The van der Waals surface area contributed by atoms with Crippen molar-refractivity contribution in [3.63, 3.8) is 0 Å². The van der Waals surface area contributed by atoms with E-state index >= 15 is 0 Å². The van der Waals surface area contributed by atoms with Crippen LogP contribution in [0.15, 0.2) is 0 Å². The summed E-state index contributed by atoms with van der Waals surface area (Å²) in [6.45, 7) is 7.32. The summed E-state index contributed by atoms with van der Waals surface area (Å²) in [6, 6.07) is 0. The molecule has 0 atom stereocenters. The number of nitrogens with zero attached hydrogens (tertiary/aromatic N) is 1. The van der Waals surface area contributed by atoms with Crippen LogP contribution in [0.1, 0.15) is 46.0 Å². The molecular formula is C12H27NO. The molecule has 14 heavy (non-hydrogen) atoms. The fourth-order valence-corrected chi connectivity index (χ4v) is 1.44. The first-order valence-electron chi connectivity index (χ1n) is 5.96. The highest BCUT2D eigenvalue weighted by atomic mass is 16.2. The number of aliphatic hydroxyl groups excluding tert-OH is 1. The lowest BCUT2D eigenvalue weighted by Crippen LogP contribution is -2.22.